The SMILES string of the molecule is O=P(/C=C(\Cl)c1ccccc1)(/C=C(\Cl)c1ccccc1)Nc1nc(-c2ccc(Cl)s2)cs1. The van der Waals surface area contributed by atoms with Gasteiger partial charge in [0.05, 0.1) is 25.0 Å². The van der Waals surface area contributed by atoms with Crippen molar-refractivity contribution in [2.75, 3.05) is 5.09 Å². The van der Waals surface area contributed by atoms with Crippen molar-refractivity contribution in [2.45, 2.75) is 0 Å². The van der Waals surface area contributed by atoms with Gasteiger partial charge in [0.1, 0.15) is 0 Å². The fourth-order valence-corrected chi connectivity index (χ4v) is 7.74. The predicted octanol–water partition coefficient (Wildman–Crippen LogP) is 9.69. The summed E-state index contributed by atoms with van der Waals surface area (Å²) in [6.45, 7) is 0. The van der Waals surface area contributed by atoms with Crippen molar-refractivity contribution < 1.29 is 4.57 Å². The molecule has 9 heteroatoms. The van der Waals surface area contributed by atoms with Gasteiger partial charge in [0, 0.05) is 17.0 Å². The quantitative estimate of drug-likeness (QED) is 0.239. The highest BCUT2D eigenvalue weighted by Crippen LogP contribution is 2.54. The molecular weight excluding hydrogens is 522 g/mol. The van der Waals surface area contributed by atoms with Crippen LogP contribution in [-0.4, -0.2) is 4.98 Å². The number of rotatable bonds is 7. The number of hydrogen-bond acceptors (Lipinski definition) is 4. The first kappa shape index (κ1) is 23.3. The molecule has 1 N–H and O–H groups in total. The van der Waals surface area contributed by atoms with Crippen molar-refractivity contribution in [3.05, 3.63) is 105 Å². The molecule has 0 aliphatic carbocycles. The lowest BCUT2D eigenvalue weighted by Crippen LogP contribution is -1.94. The molecule has 0 unspecified atom stereocenters. The highest BCUT2D eigenvalue weighted by Gasteiger charge is 2.21. The minimum atomic E-state index is -3.37. The lowest BCUT2D eigenvalue weighted by atomic mass is 10.2. The molecule has 4 rings (SSSR count). The number of halogens is 3. The molecule has 0 aliphatic rings. The monoisotopic (exact) mass is 536 g/mol. The van der Waals surface area contributed by atoms with Crippen molar-refractivity contribution in [3.8, 4) is 10.6 Å². The third-order valence-electron chi connectivity index (χ3n) is 4.31. The zero-order valence-electron chi connectivity index (χ0n) is 16.4. The van der Waals surface area contributed by atoms with Gasteiger partial charge in [-0.1, -0.05) is 95.5 Å². The standard InChI is InChI=1S/C23H16Cl3N2OPS2/c24-18(16-7-3-1-4-8-16)13-30(29,14-19(25)17-9-5-2-6-10-17)28-23-27-20(15-31-23)21-11-12-22(26)32-21/h1-15H,(H,27,28,29)/b18-13-,19-14-. The van der Waals surface area contributed by atoms with Gasteiger partial charge in [0.2, 0.25) is 7.29 Å². The Kier molecular flexibility index (Phi) is 7.57. The van der Waals surface area contributed by atoms with Crippen LogP contribution in [0.4, 0.5) is 5.13 Å². The zero-order chi connectivity index (χ0) is 22.6. The fraction of sp³-hybridized carbons (Fsp3) is 0. The molecule has 32 heavy (non-hydrogen) atoms. The van der Waals surface area contributed by atoms with Gasteiger partial charge in [-0.15, -0.1) is 22.7 Å². The van der Waals surface area contributed by atoms with Crippen molar-refractivity contribution in [2.24, 2.45) is 0 Å². The van der Waals surface area contributed by atoms with E-state index in [0.717, 1.165) is 21.7 Å². The lowest BCUT2D eigenvalue weighted by molar-refractivity contribution is 0.589. The molecule has 0 atom stereocenters. The van der Waals surface area contributed by atoms with Gasteiger partial charge in [0.25, 0.3) is 0 Å². The summed E-state index contributed by atoms with van der Waals surface area (Å²) in [5.74, 6) is 3.02. The van der Waals surface area contributed by atoms with Gasteiger partial charge in [-0.25, -0.2) is 4.98 Å². The number of thiazole rings is 1. The van der Waals surface area contributed by atoms with Crippen LogP contribution in [-0.2, 0) is 4.57 Å². The second-order valence-electron chi connectivity index (χ2n) is 6.65. The molecule has 2 aromatic carbocycles. The highest BCUT2D eigenvalue weighted by atomic mass is 35.5. The summed E-state index contributed by atoms with van der Waals surface area (Å²) in [5.41, 5.74) is 2.28. The van der Waals surface area contributed by atoms with Crippen molar-refractivity contribution >= 4 is 80.0 Å². The van der Waals surface area contributed by atoms with Crippen LogP contribution in [0.15, 0.2) is 89.8 Å². The van der Waals surface area contributed by atoms with Crippen molar-refractivity contribution in [1.82, 2.24) is 4.98 Å². The van der Waals surface area contributed by atoms with Gasteiger partial charge >= 0.3 is 0 Å². The summed E-state index contributed by atoms with van der Waals surface area (Å²) in [4.78, 5) is 5.52. The summed E-state index contributed by atoms with van der Waals surface area (Å²) >= 11 is 21.9. The number of anilines is 1. The zero-order valence-corrected chi connectivity index (χ0v) is 21.2. The number of hydrogen-bond donors (Lipinski definition) is 1. The molecule has 0 saturated heterocycles. The Morgan fingerprint density at radius 2 is 1.44 bits per heavy atom. The van der Waals surface area contributed by atoms with Crippen LogP contribution in [0.25, 0.3) is 20.6 Å². The van der Waals surface area contributed by atoms with Crippen LogP contribution in [0.1, 0.15) is 11.1 Å². The van der Waals surface area contributed by atoms with Crippen LogP contribution >= 0.6 is 64.8 Å². The smallest absolute Gasteiger partial charge is 0.217 e. The van der Waals surface area contributed by atoms with E-state index >= 15 is 0 Å². The molecule has 2 aromatic heterocycles. The third-order valence-corrected chi connectivity index (χ3v) is 9.28. The number of nitrogens with zero attached hydrogens (tertiary/aromatic N) is 1. The molecule has 162 valence electrons. The molecule has 0 amide bonds. The van der Waals surface area contributed by atoms with Crippen LogP contribution in [0.5, 0.6) is 0 Å². The predicted molar refractivity (Wildman–Crippen MR) is 142 cm³/mol. The van der Waals surface area contributed by atoms with E-state index in [2.05, 4.69) is 10.1 Å². The largest absolute Gasteiger partial charge is 0.306 e. The van der Waals surface area contributed by atoms with E-state index in [1.165, 1.54) is 34.3 Å². The molecule has 0 radical (unpaired) electrons. The van der Waals surface area contributed by atoms with Crippen LogP contribution in [0.2, 0.25) is 4.34 Å². The maximum Gasteiger partial charge on any atom is 0.217 e. The Bertz CT molecular complexity index is 1260. The average Bonchev–Trinajstić information content (AvgIpc) is 3.43. The minimum absolute atomic E-state index is 0.358. The van der Waals surface area contributed by atoms with Gasteiger partial charge in [-0.05, 0) is 23.3 Å². The lowest BCUT2D eigenvalue weighted by Gasteiger charge is -2.13. The summed E-state index contributed by atoms with van der Waals surface area (Å²) in [6.07, 6.45) is 0. The fourth-order valence-electron chi connectivity index (χ4n) is 2.82. The molecule has 2 heterocycles. The maximum atomic E-state index is 14.0. The van der Waals surface area contributed by atoms with Gasteiger partial charge in [-0.2, -0.15) is 0 Å². The van der Waals surface area contributed by atoms with Crippen LogP contribution < -0.4 is 5.09 Å². The number of thiophene rings is 1. The van der Waals surface area contributed by atoms with E-state index in [-0.39, 0.29) is 0 Å². The average molecular weight is 538 g/mol. The molecule has 0 fully saturated rings. The first-order valence-corrected chi connectivity index (χ1v) is 14.1. The first-order valence-electron chi connectivity index (χ1n) is 9.38. The van der Waals surface area contributed by atoms with Crippen molar-refractivity contribution in [3.63, 3.8) is 0 Å². The van der Waals surface area contributed by atoms with Crippen LogP contribution in [0.3, 0.4) is 0 Å². The summed E-state index contributed by atoms with van der Waals surface area (Å²) in [5, 5.41) is 6.17. The van der Waals surface area contributed by atoms with Crippen molar-refractivity contribution in [1.29, 1.82) is 0 Å². The number of nitrogens with one attached hydrogen (secondary N) is 1. The second kappa shape index (κ2) is 10.4. The first-order chi connectivity index (χ1) is 15.4. The molecule has 4 aromatic rings. The van der Waals surface area contributed by atoms with E-state index in [1.807, 2.05) is 78.2 Å². The number of benzene rings is 2. The highest BCUT2D eigenvalue weighted by molar-refractivity contribution is 7.72. The second-order valence-corrected chi connectivity index (χ2v) is 12.2. The van der Waals surface area contributed by atoms with E-state index in [1.54, 1.807) is 0 Å². The third kappa shape index (κ3) is 5.93. The van der Waals surface area contributed by atoms with E-state index in [0.29, 0.717) is 19.5 Å². The molecule has 0 saturated carbocycles. The minimum Gasteiger partial charge on any atom is -0.306 e. The van der Waals surface area contributed by atoms with E-state index < -0.39 is 7.29 Å². The number of aromatic nitrogens is 1. The van der Waals surface area contributed by atoms with E-state index in [9.17, 15) is 4.57 Å². The summed E-state index contributed by atoms with van der Waals surface area (Å²) in [7, 11) is -3.37. The molecule has 3 nitrogen and oxygen atoms in total. The Balaban J connectivity index is 1.71. The Labute approximate surface area is 209 Å². The molecule has 0 spiro atoms. The molecule has 0 bridgehead atoms. The summed E-state index contributed by atoms with van der Waals surface area (Å²) in [6, 6.07) is 22.4. The Hall–Kier alpha value is -1.85. The topological polar surface area (TPSA) is 42.0 Å². The van der Waals surface area contributed by atoms with Crippen LogP contribution in [0, 0.1) is 0 Å². The normalized spacial score (nSPS) is 12.7. The molecule has 0 aliphatic heterocycles. The summed E-state index contributed by atoms with van der Waals surface area (Å²) < 4.78 is 14.7. The Morgan fingerprint density at radius 1 is 0.875 bits per heavy atom. The van der Waals surface area contributed by atoms with Gasteiger partial charge < -0.3 is 5.09 Å². The van der Waals surface area contributed by atoms with Gasteiger partial charge in [-0.3, -0.25) is 4.57 Å². The molecular formula is C23H16Cl3N2OPS2. The van der Waals surface area contributed by atoms with E-state index in [4.69, 9.17) is 34.8 Å². The Morgan fingerprint density at radius 3 is 1.94 bits per heavy atom. The maximum absolute atomic E-state index is 14.0. The van der Waals surface area contributed by atoms with Gasteiger partial charge in [0.15, 0.2) is 5.13 Å².